The minimum Gasteiger partial charge on any atom is -0.449 e. The summed E-state index contributed by atoms with van der Waals surface area (Å²) in [5, 5.41) is 11.6. The van der Waals surface area contributed by atoms with E-state index in [1.165, 1.54) is 6.07 Å². The molecule has 0 unspecified atom stereocenters. The Bertz CT molecular complexity index is 574. The van der Waals surface area contributed by atoms with Gasteiger partial charge < -0.3 is 9.73 Å². The van der Waals surface area contributed by atoms with Crippen LogP contribution in [-0.2, 0) is 6.54 Å². The second kappa shape index (κ2) is 5.02. The molecular weight excluding hydrogens is 287 g/mol. The third-order valence-electron chi connectivity index (χ3n) is 2.16. The molecule has 0 saturated carbocycles. The highest BCUT2D eigenvalue weighted by Gasteiger charge is 2.03. The van der Waals surface area contributed by atoms with Crippen molar-refractivity contribution in [3.05, 3.63) is 52.1 Å². The van der Waals surface area contributed by atoms with Gasteiger partial charge in [-0.25, -0.2) is 4.39 Å². The number of nitriles is 1. The molecule has 0 radical (unpaired) electrons. The molecule has 1 heterocycles. The van der Waals surface area contributed by atoms with Crippen molar-refractivity contribution < 1.29 is 8.81 Å². The first-order valence-corrected chi connectivity index (χ1v) is 5.66. The zero-order valence-corrected chi connectivity index (χ0v) is 10.3. The quantitative estimate of drug-likeness (QED) is 0.940. The molecule has 3 nitrogen and oxygen atoms in total. The van der Waals surface area contributed by atoms with Crippen LogP contribution in [-0.4, -0.2) is 0 Å². The molecule has 0 spiro atoms. The number of benzene rings is 1. The smallest absolute Gasteiger partial charge is 0.203 e. The SMILES string of the molecule is N#Cc1ccc(CNc2ccc(Br)c(F)c2)o1. The van der Waals surface area contributed by atoms with E-state index in [-0.39, 0.29) is 11.6 Å². The lowest BCUT2D eigenvalue weighted by Crippen LogP contribution is -1.98. The van der Waals surface area contributed by atoms with Crippen LogP contribution in [0.5, 0.6) is 0 Å². The lowest BCUT2D eigenvalue weighted by Gasteiger charge is -2.04. The summed E-state index contributed by atoms with van der Waals surface area (Å²) in [4.78, 5) is 0. The van der Waals surface area contributed by atoms with Crippen molar-refractivity contribution in [2.45, 2.75) is 6.54 Å². The summed E-state index contributed by atoms with van der Waals surface area (Å²) in [6.45, 7) is 0.406. The summed E-state index contributed by atoms with van der Waals surface area (Å²) in [6, 6.07) is 9.97. The zero-order chi connectivity index (χ0) is 12.3. The van der Waals surface area contributed by atoms with E-state index in [0.717, 1.165) is 0 Å². The van der Waals surface area contributed by atoms with Gasteiger partial charge in [0.2, 0.25) is 5.76 Å². The number of anilines is 1. The number of nitrogens with one attached hydrogen (secondary N) is 1. The van der Waals surface area contributed by atoms with Gasteiger partial charge in [0.15, 0.2) is 0 Å². The van der Waals surface area contributed by atoms with Crippen LogP contribution in [0.2, 0.25) is 0 Å². The summed E-state index contributed by atoms with van der Waals surface area (Å²) in [7, 11) is 0. The topological polar surface area (TPSA) is 49.0 Å². The van der Waals surface area contributed by atoms with Crippen LogP contribution in [0.3, 0.4) is 0 Å². The number of nitrogens with zero attached hydrogens (tertiary/aromatic N) is 1. The van der Waals surface area contributed by atoms with Gasteiger partial charge in [-0.1, -0.05) is 0 Å². The van der Waals surface area contributed by atoms with Crippen LogP contribution in [0.25, 0.3) is 0 Å². The fourth-order valence-electron chi connectivity index (χ4n) is 1.33. The van der Waals surface area contributed by atoms with Gasteiger partial charge in [-0.2, -0.15) is 5.26 Å². The third-order valence-corrected chi connectivity index (χ3v) is 2.80. The Balaban J connectivity index is 2.02. The lowest BCUT2D eigenvalue weighted by molar-refractivity contribution is 0.506. The molecule has 17 heavy (non-hydrogen) atoms. The van der Waals surface area contributed by atoms with Crippen LogP contribution < -0.4 is 5.32 Å². The van der Waals surface area contributed by atoms with Crippen LogP contribution in [0.4, 0.5) is 10.1 Å². The molecule has 0 aliphatic rings. The lowest BCUT2D eigenvalue weighted by atomic mass is 10.3. The molecule has 1 aromatic heterocycles. The zero-order valence-electron chi connectivity index (χ0n) is 8.71. The number of rotatable bonds is 3. The van der Waals surface area contributed by atoms with E-state index in [4.69, 9.17) is 9.68 Å². The van der Waals surface area contributed by atoms with Gasteiger partial charge in [0.1, 0.15) is 17.6 Å². The Kier molecular flexibility index (Phi) is 3.45. The summed E-state index contributed by atoms with van der Waals surface area (Å²) in [5.41, 5.74) is 0.653. The highest BCUT2D eigenvalue weighted by Crippen LogP contribution is 2.20. The van der Waals surface area contributed by atoms with Gasteiger partial charge in [-0.05, 0) is 46.3 Å². The molecule has 0 atom stereocenters. The molecule has 1 aromatic carbocycles. The molecule has 1 N–H and O–H groups in total. The van der Waals surface area contributed by atoms with Crippen LogP contribution in [0, 0.1) is 17.1 Å². The fourth-order valence-corrected chi connectivity index (χ4v) is 1.57. The van der Waals surface area contributed by atoms with Crippen molar-refractivity contribution in [3.8, 4) is 6.07 Å². The summed E-state index contributed by atoms with van der Waals surface area (Å²) in [6.07, 6.45) is 0. The fraction of sp³-hybridized carbons (Fsp3) is 0.0833. The van der Waals surface area contributed by atoms with Crippen LogP contribution in [0.15, 0.2) is 39.2 Å². The van der Waals surface area contributed by atoms with Gasteiger partial charge in [0.25, 0.3) is 0 Å². The van der Waals surface area contributed by atoms with Crippen molar-refractivity contribution in [1.29, 1.82) is 5.26 Å². The molecule has 2 aromatic rings. The molecule has 0 aliphatic carbocycles. The Hall–Kier alpha value is -1.80. The van der Waals surface area contributed by atoms with Crippen molar-refractivity contribution in [3.63, 3.8) is 0 Å². The maximum absolute atomic E-state index is 13.2. The van der Waals surface area contributed by atoms with Crippen LogP contribution >= 0.6 is 15.9 Å². The van der Waals surface area contributed by atoms with Gasteiger partial charge in [0.05, 0.1) is 11.0 Å². The first kappa shape index (κ1) is 11.7. The molecule has 0 fully saturated rings. The van der Waals surface area contributed by atoms with E-state index in [0.29, 0.717) is 22.5 Å². The van der Waals surface area contributed by atoms with Gasteiger partial charge in [-0.3, -0.25) is 0 Å². The van der Waals surface area contributed by atoms with Crippen molar-refractivity contribution >= 4 is 21.6 Å². The van der Waals surface area contributed by atoms with Gasteiger partial charge >= 0.3 is 0 Å². The molecule has 2 rings (SSSR count). The van der Waals surface area contributed by atoms with E-state index in [1.807, 2.05) is 6.07 Å². The average molecular weight is 295 g/mol. The highest BCUT2D eigenvalue weighted by atomic mass is 79.9. The molecule has 0 amide bonds. The minimum absolute atomic E-state index is 0.267. The van der Waals surface area contributed by atoms with Gasteiger partial charge in [0, 0.05) is 5.69 Å². The van der Waals surface area contributed by atoms with E-state index >= 15 is 0 Å². The van der Waals surface area contributed by atoms with E-state index in [2.05, 4.69) is 21.2 Å². The molecule has 5 heteroatoms. The molecule has 0 bridgehead atoms. The van der Waals surface area contributed by atoms with E-state index in [9.17, 15) is 4.39 Å². The molecule has 86 valence electrons. The number of furan rings is 1. The largest absolute Gasteiger partial charge is 0.449 e. The second-order valence-corrected chi connectivity index (χ2v) is 4.21. The Morgan fingerprint density at radius 2 is 2.18 bits per heavy atom. The Morgan fingerprint density at radius 3 is 2.82 bits per heavy atom. The normalized spacial score (nSPS) is 9.94. The van der Waals surface area contributed by atoms with E-state index < -0.39 is 0 Å². The second-order valence-electron chi connectivity index (χ2n) is 3.36. The van der Waals surface area contributed by atoms with Gasteiger partial charge in [-0.15, -0.1) is 0 Å². The molecule has 0 saturated heterocycles. The van der Waals surface area contributed by atoms with Crippen LogP contribution in [0.1, 0.15) is 11.5 Å². The maximum Gasteiger partial charge on any atom is 0.203 e. The predicted molar refractivity (Wildman–Crippen MR) is 64.8 cm³/mol. The highest BCUT2D eigenvalue weighted by molar-refractivity contribution is 9.10. The first-order valence-electron chi connectivity index (χ1n) is 4.87. The number of halogens is 2. The number of hydrogen-bond acceptors (Lipinski definition) is 3. The Labute approximate surface area is 106 Å². The standard InChI is InChI=1S/C12H8BrFN2O/c13-11-4-1-8(5-12(11)14)16-7-10-3-2-9(6-15)17-10/h1-5,16H,7H2. The molecular formula is C12H8BrFN2O. The summed E-state index contributed by atoms with van der Waals surface area (Å²) < 4.78 is 18.8. The van der Waals surface area contributed by atoms with E-state index in [1.54, 1.807) is 24.3 Å². The first-order chi connectivity index (χ1) is 8.19. The van der Waals surface area contributed by atoms with Crippen molar-refractivity contribution in [1.82, 2.24) is 0 Å². The minimum atomic E-state index is -0.327. The average Bonchev–Trinajstić information content (AvgIpc) is 2.79. The Morgan fingerprint density at radius 1 is 1.35 bits per heavy atom. The monoisotopic (exact) mass is 294 g/mol. The van der Waals surface area contributed by atoms with Crippen molar-refractivity contribution in [2.24, 2.45) is 0 Å². The predicted octanol–water partition coefficient (Wildman–Crippen LogP) is 3.66. The summed E-state index contributed by atoms with van der Waals surface area (Å²) in [5.74, 6) is 0.570. The third kappa shape index (κ3) is 2.86. The number of hydrogen-bond donors (Lipinski definition) is 1. The molecule has 0 aliphatic heterocycles. The summed E-state index contributed by atoms with van der Waals surface area (Å²) >= 11 is 3.08. The maximum atomic E-state index is 13.2. The van der Waals surface area contributed by atoms with Crippen molar-refractivity contribution in [2.75, 3.05) is 5.32 Å².